The van der Waals surface area contributed by atoms with E-state index < -0.39 is 0 Å². The second-order valence-corrected chi connectivity index (χ2v) is 8.80. The van der Waals surface area contributed by atoms with E-state index in [0.717, 1.165) is 12.0 Å². The molecule has 0 fully saturated rings. The standard InChI is InChI=1S/C27H27N3O3S/c1-3-17-33-24-16-10-9-15-23(24)28-25(31)18-34-27-29-22-14-8-7-13-21(22)26(32)30(27)19(2)20-11-5-4-6-12-20/h4-16,19H,3,17-18H2,1-2H3,(H,28,31). The van der Waals surface area contributed by atoms with Gasteiger partial charge < -0.3 is 10.1 Å². The number of hydrogen-bond acceptors (Lipinski definition) is 5. The third-order valence-corrected chi connectivity index (χ3v) is 6.35. The summed E-state index contributed by atoms with van der Waals surface area (Å²) < 4.78 is 7.41. The first-order valence-corrected chi connectivity index (χ1v) is 12.3. The summed E-state index contributed by atoms with van der Waals surface area (Å²) in [4.78, 5) is 31.0. The van der Waals surface area contributed by atoms with E-state index in [-0.39, 0.29) is 23.3 Å². The molecule has 1 N–H and O–H groups in total. The zero-order chi connectivity index (χ0) is 23.9. The van der Waals surface area contributed by atoms with Gasteiger partial charge in [-0.3, -0.25) is 14.2 Å². The van der Waals surface area contributed by atoms with Crippen molar-refractivity contribution in [3.63, 3.8) is 0 Å². The Balaban J connectivity index is 1.60. The quantitative estimate of drug-likeness (QED) is 0.256. The van der Waals surface area contributed by atoms with E-state index in [9.17, 15) is 9.59 Å². The monoisotopic (exact) mass is 473 g/mol. The molecule has 1 amide bonds. The number of para-hydroxylation sites is 3. The maximum absolute atomic E-state index is 13.4. The SMILES string of the molecule is CCCOc1ccccc1NC(=O)CSc1nc2ccccc2c(=O)n1C(C)c1ccccc1. The van der Waals surface area contributed by atoms with Crippen LogP contribution in [0.1, 0.15) is 31.9 Å². The summed E-state index contributed by atoms with van der Waals surface area (Å²) in [6.45, 7) is 4.58. The molecule has 0 aliphatic carbocycles. The van der Waals surface area contributed by atoms with Gasteiger partial charge in [-0.2, -0.15) is 0 Å². The van der Waals surface area contributed by atoms with E-state index in [1.165, 1.54) is 11.8 Å². The fourth-order valence-corrected chi connectivity index (χ4v) is 4.55. The Morgan fingerprint density at radius 1 is 1.03 bits per heavy atom. The largest absolute Gasteiger partial charge is 0.491 e. The number of aromatic nitrogens is 2. The normalized spacial score (nSPS) is 11.8. The topological polar surface area (TPSA) is 73.2 Å². The number of thioether (sulfide) groups is 1. The minimum atomic E-state index is -0.237. The number of nitrogens with zero attached hydrogens (tertiary/aromatic N) is 2. The number of benzene rings is 3. The predicted octanol–water partition coefficient (Wildman–Crippen LogP) is 5.53. The second kappa shape index (κ2) is 11.0. The molecule has 0 radical (unpaired) electrons. The Morgan fingerprint density at radius 3 is 2.53 bits per heavy atom. The molecule has 0 aliphatic heterocycles. The van der Waals surface area contributed by atoms with Gasteiger partial charge in [0.15, 0.2) is 5.16 Å². The molecular weight excluding hydrogens is 446 g/mol. The zero-order valence-electron chi connectivity index (χ0n) is 19.2. The molecule has 1 atom stereocenters. The molecule has 4 aromatic rings. The number of nitrogens with one attached hydrogen (secondary N) is 1. The number of carbonyl (C=O) groups excluding carboxylic acids is 1. The Labute approximate surface area is 203 Å². The lowest BCUT2D eigenvalue weighted by Crippen LogP contribution is -2.27. The Bertz CT molecular complexity index is 1340. The smallest absolute Gasteiger partial charge is 0.262 e. The summed E-state index contributed by atoms with van der Waals surface area (Å²) in [7, 11) is 0. The Hall–Kier alpha value is -3.58. The highest BCUT2D eigenvalue weighted by atomic mass is 32.2. The van der Waals surface area contributed by atoms with Crippen molar-refractivity contribution >= 4 is 34.3 Å². The lowest BCUT2D eigenvalue weighted by molar-refractivity contribution is -0.113. The van der Waals surface area contributed by atoms with Crippen molar-refractivity contribution in [2.45, 2.75) is 31.5 Å². The number of anilines is 1. The molecule has 0 bridgehead atoms. The highest BCUT2D eigenvalue weighted by Gasteiger charge is 2.19. The molecule has 0 aliphatic rings. The van der Waals surface area contributed by atoms with Crippen LogP contribution in [-0.2, 0) is 4.79 Å². The molecule has 3 aromatic carbocycles. The molecule has 6 nitrogen and oxygen atoms in total. The van der Waals surface area contributed by atoms with Crippen molar-refractivity contribution in [3.05, 3.63) is 94.8 Å². The van der Waals surface area contributed by atoms with Crippen LogP contribution in [-0.4, -0.2) is 27.8 Å². The van der Waals surface area contributed by atoms with Crippen LogP contribution in [0.5, 0.6) is 5.75 Å². The fourth-order valence-electron chi connectivity index (χ4n) is 3.67. The van der Waals surface area contributed by atoms with E-state index in [0.29, 0.717) is 34.1 Å². The van der Waals surface area contributed by atoms with Gasteiger partial charge >= 0.3 is 0 Å². The van der Waals surface area contributed by atoms with Gasteiger partial charge in [-0.05, 0) is 43.2 Å². The van der Waals surface area contributed by atoms with Gasteiger partial charge in [0.05, 0.1) is 35.0 Å². The van der Waals surface area contributed by atoms with Gasteiger partial charge in [0.25, 0.3) is 5.56 Å². The van der Waals surface area contributed by atoms with Crippen LogP contribution in [0.25, 0.3) is 10.9 Å². The highest BCUT2D eigenvalue weighted by molar-refractivity contribution is 7.99. The maximum atomic E-state index is 13.4. The summed E-state index contributed by atoms with van der Waals surface area (Å²) in [5, 5.41) is 3.98. The third-order valence-electron chi connectivity index (χ3n) is 5.40. The Morgan fingerprint density at radius 2 is 1.74 bits per heavy atom. The van der Waals surface area contributed by atoms with Gasteiger partial charge in [-0.25, -0.2) is 4.98 Å². The summed E-state index contributed by atoms with van der Waals surface area (Å²) in [6, 6.07) is 24.2. The van der Waals surface area contributed by atoms with E-state index in [1.807, 2.05) is 86.6 Å². The van der Waals surface area contributed by atoms with Gasteiger partial charge in [-0.15, -0.1) is 0 Å². The first kappa shape index (κ1) is 23.6. The maximum Gasteiger partial charge on any atom is 0.262 e. The minimum Gasteiger partial charge on any atom is -0.491 e. The zero-order valence-corrected chi connectivity index (χ0v) is 20.0. The van der Waals surface area contributed by atoms with E-state index in [1.54, 1.807) is 10.6 Å². The lowest BCUT2D eigenvalue weighted by atomic mass is 10.1. The first-order chi connectivity index (χ1) is 16.6. The number of rotatable bonds is 9. The first-order valence-electron chi connectivity index (χ1n) is 11.3. The van der Waals surface area contributed by atoms with Crippen molar-refractivity contribution in [1.82, 2.24) is 9.55 Å². The average Bonchev–Trinajstić information content (AvgIpc) is 2.87. The molecule has 174 valence electrons. The molecule has 0 saturated carbocycles. The molecule has 1 unspecified atom stereocenters. The number of hydrogen-bond donors (Lipinski definition) is 1. The van der Waals surface area contributed by atoms with Gasteiger partial charge in [-0.1, -0.05) is 73.3 Å². The molecule has 1 aromatic heterocycles. The fraction of sp³-hybridized carbons (Fsp3) is 0.222. The summed E-state index contributed by atoms with van der Waals surface area (Å²) in [6.07, 6.45) is 0.878. The predicted molar refractivity (Wildman–Crippen MR) is 138 cm³/mol. The Kier molecular flexibility index (Phi) is 7.65. The number of amides is 1. The molecule has 7 heteroatoms. The molecule has 0 spiro atoms. The molecule has 1 heterocycles. The number of ether oxygens (including phenoxy) is 1. The third kappa shape index (κ3) is 5.31. The summed E-state index contributed by atoms with van der Waals surface area (Å²) in [5.74, 6) is 0.550. The van der Waals surface area contributed by atoms with Crippen LogP contribution in [0.15, 0.2) is 88.8 Å². The van der Waals surface area contributed by atoms with E-state index in [2.05, 4.69) is 5.32 Å². The van der Waals surface area contributed by atoms with Gasteiger partial charge in [0.2, 0.25) is 5.91 Å². The van der Waals surface area contributed by atoms with Gasteiger partial charge in [0.1, 0.15) is 5.75 Å². The minimum absolute atomic E-state index is 0.106. The van der Waals surface area contributed by atoms with Crippen LogP contribution in [0.4, 0.5) is 5.69 Å². The molecular formula is C27H27N3O3S. The van der Waals surface area contributed by atoms with Crippen LogP contribution in [0, 0.1) is 0 Å². The second-order valence-electron chi connectivity index (χ2n) is 7.85. The number of fused-ring (bicyclic) bond motifs is 1. The van der Waals surface area contributed by atoms with Crippen LogP contribution >= 0.6 is 11.8 Å². The van der Waals surface area contributed by atoms with Crippen LogP contribution in [0.3, 0.4) is 0 Å². The average molecular weight is 474 g/mol. The van der Waals surface area contributed by atoms with Crippen molar-refractivity contribution < 1.29 is 9.53 Å². The summed E-state index contributed by atoms with van der Waals surface area (Å²) in [5.41, 5.74) is 2.12. The molecule has 34 heavy (non-hydrogen) atoms. The highest BCUT2D eigenvalue weighted by Crippen LogP contribution is 2.27. The van der Waals surface area contributed by atoms with Crippen molar-refractivity contribution in [1.29, 1.82) is 0 Å². The van der Waals surface area contributed by atoms with E-state index in [4.69, 9.17) is 9.72 Å². The molecule has 0 saturated heterocycles. The summed E-state index contributed by atoms with van der Waals surface area (Å²) >= 11 is 1.25. The van der Waals surface area contributed by atoms with Crippen LogP contribution in [0.2, 0.25) is 0 Å². The van der Waals surface area contributed by atoms with Crippen molar-refractivity contribution in [2.75, 3.05) is 17.7 Å². The lowest BCUT2D eigenvalue weighted by Gasteiger charge is -2.20. The van der Waals surface area contributed by atoms with Crippen LogP contribution < -0.4 is 15.6 Å². The van der Waals surface area contributed by atoms with Crippen molar-refractivity contribution in [2.24, 2.45) is 0 Å². The van der Waals surface area contributed by atoms with E-state index >= 15 is 0 Å². The number of carbonyl (C=O) groups is 1. The van der Waals surface area contributed by atoms with Gasteiger partial charge in [0, 0.05) is 0 Å². The molecule has 4 rings (SSSR count). The van der Waals surface area contributed by atoms with Crippen molar-refractivity contribution in [3.8, 4) is 5.75 Å².